The second kappa shape index (κ2) is 7.56. The Balaban J connectivity index is 1.57. The number of aryl methyl sites for hydroxylation is 1. The number of ether oxygens (including phenoxy) is 1. The normalized spacial score (nSPS) is 19.6. The van der Waals surface area contributed by atoms with E-state index < -0.39 is 6.23 Å². The molecule has 2 heterocycles. The topological polar surface area (TPSA) is 41.9 Å². The van der Waals surface area contributed by atoms with Crippen LogP contribution >= 0.6 is 27.5 Å². The number of hydrogen-bond acceptors (Lipinski definition) is 4. The fourth-order valence-electron chi connectivity index (χ4n) is 3.91. The molecule has 150 valence electrons. The van der Waals surface area contributed by atoms with Gasteiger partial charge in [0.1, 0.15) is 5.75 Å². The smallest absolute Gasteiger partial charge is 0.251 e. The van der Waals surface area contributed by atoms with Crippen LogP contribution in [0.5, 0.6) is 5.75 Å². The number of fused-ring (bicyclic) bond motifs is 3. The van der Waals surface area contributed by atoms with Gasteiger partial charge >= 0.3 is 0 Å². The number of ketones is 1. The minimum atomic E-state index is -0.826. The molecule has 6 heteroatoms. The first kappa shape index (κ1) is 19.3. The van der Waals surface area contributed by atoms with Crippen LogP contribution in [0.2, 0.25) is 5.02 Å². The molecule has 0 spiro atoms. The van der Waals surface area contributed by atoms with Gasteiger partial charge in [0, 0.05) is 27.0 Å². The first-order chi connectivity index (χ1) is 14.5. The van der Waals surface area contributed by atoms with Gasteiger partial charge in [0.25, 0.3) is 6.23 Å². The van der Waals surface area contributed by atoms with Crippen molar-refractivity contribution in [2.45, 2.75) is 25.6 Å². The molecule has 0 radical (unpaired) electrons. The summed E-state index contributed by atoms with van der Waals surface area (Å²) >= 11 is 9.68. The molecule has 4 nitrogen and oxygen atoms in total. The molecule has 0 saturated carbocycles. The maximum absolute atomic E-state index is 13.3. The number of hydrogen-bond donors (Lipinski definition) is 0. The summed E-state index contributed by atoms with van der Waals surface area (Å²) in [5, 5.41) is 7.26. The summed E-state index contributed by atoms with van der Waals surface area (Å²) in [6.07, 6.45) is -0.142. The van der Waals surface area contributed by atoms with Gasteiger partial charge in [-0.15, -0.1) is 0 Å². The molecular weight excluding hydrogens is 464 g/mol. The second-order valence-corrected chi connectivity index (χ2v) is 8.89. The van der Waals surface area contributed by atoms with E-state index in [1.165, 1.54) is 5.56 Å². The van der Waals surface area contributed by atoms with Crippen LogP contribution in [0, 0.1) is 6.92 Å². The van der Waals surface area contributed by atoms with Crippen molar-refractivity contribution in [1.82, 2.24) is 5.01 Å². The number of Topliss-reactive ketones (excluding diaryl/α,β-unsaturated/α-hetero) is 1. The maximum atomic E-state index is 13.3. The van der Waals surface area contributed by atoms with Crippen LogP contribution in [0.3, 0.4) is 0 Å². The minimum Gasteiger partial charge on any atom is -0.461 e. The standard InChI is InChI=1S/C24H18BrClN2O2/c1-14-2-4-15(5-3-14)20-13-21-19-12-18(26)10-11-22(19)30-24(28(21)27-20)23(29)16-6-8-17(25)9-7-16/h2-12,21,24H,13H2,1H3/t21-,24-/m0/s1. The number of benzene rings is 3. The van der Waals surface area contributed by atoms with Gasteiger partial charge < -0.3 is 4.74 Å². The number of rotatable bonds is 3. The van der Waals surface area contributed by atoms with Gasteiger partial charge in [-0.05, 0) is 42.8 Å². The van der Waals surface area contributed by atoms with E-state index in [0.29, 0.717) is 22.8 Å². The molecule has 0 unspecified atom stereocenters. The lowest BCUT2D eigenvalue weighted by Gasteiger charge is -2.37. The molecule has 0 bridgehead atoms. The molecule has 0 aliphatic carbocycles. The highest BCUT2D eigenvalue weighted by Crippen LogP contribution is 2.44. The van der Waals surface area contributed by atoms with Crippen LogP contribution in [0.4, 0.5) is 0 Å². The first-order valence-electron chi connectivity index (χ1n) is 9.68. The Bertz CT molecular complexity index is 1160. The molecule has 2 atom stereocenters. The van der Waals surface area contributed by atoms with Crippen molar-refractivity contribution in [1.29, 1.82) is 0 Å². The summed E-state index contributed by atoms with van der Waals surface area (Å²) in [4.78, 5) is 13.3. The molecule has 2 aliphatic rings. The lowest BCUT2D eigenvalue weighted by Crippen LogP contribution is -2.45. The van der Waals surface area contributed by atoms with E-state index in [9.17, 15) is 4.79 Å². The van der Waals surface area contributed by atoms with E-state index >= 15 is 0 Å². The largest absolute Gasteiger partial charge is 0.461 e. The van der Waals surface area contributed by atoms with E-state index in [1.54, 1.807) is 23.2 Å². The molecule has 0 fully saturated rings. The Kier molecular flexibility index (Phi) is 4.88. The van der Waals surface area contributed by atoms with Gasteiger partial charge in [0.05, 0.1) is 11.8 Å². The van der Waals surface area contributed by atoms with Gasteiger partial charge in [-0.2, -0.15) is 5.10 Å². The van der Waals surface area contributed by atoms with Crippen LogP contribution in [-0.2, 0) is 0 Å². The number of halogens is 2. The second-order valence-electron chi connectivity index (χ2n) is 7.54. The minimum absolute atomic E-state index is 0.104. The highest BCUT2D eigenvalue weighted by molar-refractivity contribution is 9.10. The Labute approximate surface area is 188 Å². The van der Waals surface area contributed by atoms with E-state index in [-0.39, 0.29) is 11.8 Å². The van der Waals surface area contributed by atoms with Gasteiger partial charge in [0.2, 0.25) is 5.78 Å². The zero-order valence-electron chi connectivity index (χ0n) is 16.2. The Morgan fingerprint density at radius 3 is 2.57 bits per heavy atom. The average Bonchev–Trinajstić information content (AvgIpc) is 3.19. The third-order valence-corrected chi connectivity index (χ3v) is 6.25. The first-order valence-corrected chi connectivity index (χ1v) is 10.9. The van der Waals surface area contributed by atoms with Gasteiger partial charge in [0.15, 0.2) is 0 Å². The monoisotopic (exact) mass is 480 g/mol. The molecule has 0 saturated heterocycles. The highest BCUT2D eigenvalue weighted by Gasteiger charge is 2.43. The van der Waals surface area contributed by atoms with E-state index in [0.717, 1.165) is 21.3 Å². The molecule has 0 N–H and O–H groups in total. The Morgan fingerprint density at radius 2 is 1.83 bits per heavy atom. The number of hydrazone groups is 1. The summed E-state index contributed by atoms with van der Waals surface area (Å²) in [6.45, 7) is 2.06. The molecule has 5 rings (SSSR count). The van der Waals surface area contributed by atoms with Crippen molar-refractivity contribution in [3.05, 3.63) is 98.5 Å². The molecule has 3 aromatic carbocycles. The Morgan fingerprint density at radius 1 is 1.10 bits per heavy atom. The van der Waals surface area contributed by atoms with Crippen molar-refractivity contribution < 1.29 is 9.53 Å². The molecular formula is C24H18BrClN2O2. The predicted molar refractivity (Wildman–Crippen MR) is 121 cm³/mol. The van der Waals surface area contributed by atoms with Crippen molar-refractivity contribution in [3.63, 3.8) is 0 Å². The van der Waals surface area contributed by atoms with Crippen LogP contribution < -0.4 is 4.74 Å². The molecule has 30 heavy (non-hydrogen) atoms. The number of nitrogens with zero attached hydrogens (tertiary/aromatic N) is 2. The highest BCUT2D eigenvalue weighted by atomic mass is 79.9. The predicted octanol–water partition coefficient (Wildman–Crippen LogP) is 6.16. The van der Waals surface area contributed by atoms with Crippen molar-refractivity contribution in [3.8, 4) is 5.75 Å². The average molecular weight is 482 g/mol. The van der Waals surface area contributed by atoms with Crippen LogP contribution in [0.15, 0.2) is 76.3 Å². The maximum Gasteiger partial charge on any atom is 0.251 e. The lowest BCUT2D eigenvalue weighted by atomic mass is 9.95. The van der Waals surface area contributed by atoms with E-state index in [4.69, 9.17) is 21.4 Å². The van der Waals surface area contributed by atoms with Crippen LogP contribution in [0.1, 0.15) is 39.5 Å². The summed E-state index contributed by atoms with van der Waals surface area (Å²) in [5.74, 6) is 0.554. The molecule has 2 aliphatic heterocycles. The third kappa shape index (κ3) is 3.42. The van der Waals surface area contributed by atoms with Crippen molar-refractivity contribution in [2.75, 3.05) is 0 Å². The summed E-state index contributed by atoms with van der Waals surface area (Å²) < 4.78 is 7.07. The molecule has 3 aromatic rings. The summed E-state index contributed by atoms with van der Waals surface area (Å²) in [6, 6.07) is 21.0. The zero-order valence-corrected chi connectivity index (χ0v) is 18.5. The van der Waals surface area contributed by atoms with Crippen LogP contribution in [0.25, 0.3) is 0 Å². The fourth-order valence-corrected chi connectivity index (χ4v) is 4.35. The van der Waals surface area contributed by atoms with E-state index in [1.807, 2.05) is 24.3 Å². The van der Waals surface area contributed by atoms with Crippen LogP contribution in [-0.4, -0.2) is 22.7 Å². The Hall–Kier alpha value is -2.63. The van der Waals surface area contributed by atoms with Crippen molar-refractivity contribution in [2.24, 2.45) is 5.10 Å². The summed E-state index contributed by atoms with van der Waals surface area (Å²) in [5.41, 5.74) is 4.71. The molecule has 0 amide bonds. The van der Waals surface area contributed by atoms with Gasteiger partial charge in [-0.25, -0.2) is 5.01 Å². The van der Waals surface area contributed by atoms with Crippen molar-refractivity contribution >= 4 is 39.0 Å². The quantitative estimate of drug-likeness (QED) is 0.421. The fraction of sp³-hybridized carbons (Fsp3) is 0.167. The van der Waals surface area contributed by atoms with Gasteiger partial charge in [-0.1, -0.05) is 69.5 Å². The summed E-state index contributed by atoms with van der Waals surface area (Å²) in [7, 11) is 0. The molecule has 0 aromatic heterocycles. The zero-order chi connectivity index (χ0) is 20.8. The number of carbonyl (C=O) groups is 1. The van der Waals surface area contributed by atoms with E-state index in [2.05, 4.69) is 47.1 Å². The lowest BCUT2D eigenvalue weighted by molar-refractivity contribution is -0.00455. The SMILES string of the molecule is Cc1ccc(C2=NN3[C@H](C(=O)c4ccc(Br)cc4)Oc4ccc(Cl)cc4[C@@H]3C2)cc1. The third-order valence-electron chi connectivity index (χ3n) is 5.49. The van der Waals surface area contributed by atoms with Gasteiger partial charge in [-0.3, -0.25) is 4.79 Å². The number of carbonyl (C=O) groups excluding carboxylic acids is 1.